The fourth-order valence-electron chi connectivity index (χ4n) is 4.33. The molecular weight excluding hydrogens is 368 g/mol. The van der Waals surface area contributed by atoms with Gasteiger partial charge in [-0.05, 0) is 50.8 Å². The highest BCUT2D eigenvalue weighted by atomic mass is 16.2. The summed E-state index contributed by atoms with van der Waals surface area (Å²) in [5.74, 6) is 2.16. The third-order valence-corrected chi connectivity index (χ3v) is 6.18. The van der Waals surface area contributed by atoms with Crippen molar-refractivity contribution in [2.75, 3.05) is 31.1 Å². The van der Waals surface area contributed by atoms with Crippen molar-refractivity contribution in [1.29, 1.82) is 0 Å². The van der Waals surface area contributed by atoms with Gasteiger partial charge in [0.1, 0.15) is 5.82 Å². The van der Waals surface area contributed by atoms with E-state index in [4.69, 9.17) is 5.10 Å². The molecule has 3 aromatic rings. The zero-order valence-corrected chi connectivity index (χ0v) is 17.0. The summed E-state index contributed by atoms with van der Waals surface area (Å²) in [7, 11) is 1.86. The number of likely N-dealkylation sites (tertiary alicyclic amines) is 1. The van der Waals surface area contributed by atoms with Crippen molar-refractivity contribution < 1.29 is 4.79 Å². The first kappa shape index (κ1) is 18.1. The Morgan fingerprint density at radius 3 is 2.48 bits per heavy atom. The Balaban J connectivity index is 1.32. The van der Waals surface area contributed by atoms with Gasteiger partial charge in [0.25, 0.3) is 5.91 Å². The van der Waals surface area contributed by atoms with Crippen molar-refractivity contribution in [1.82, 2.24) is 34.5 Å². The number of hydrogen-bond acceptors (Lipinski definition) is 6. The molecule has 0 saturated carbocycles. The van der Waals surface area contributed by atoms with Gasteiger partial charge in [-0.25, -0.2) is 0 Å². The van der Waals surface area contributed by atoms with E-state index in [1.807, 2.05) is 41.6 Å². The van der Waals surface area contributed by atoms with Gasteiger partial charge >= 0.3 is 0 Å². The largest absolute Gasteiger partial charge is 0.355 e. The Morgan fingerprint density at radius 2 is 1.79 bits per heavy atom. The molecule has 9 nitrogen and oxygen atoms in total. The maximum Gasteiger partial charge on any atom is 0.274 e. The van der Waals surface area contributed by atoms with E-state index in [9.17, 15) is 4.79 Å². The van der Waals surface area contributed by atoms with E-state index in [1.54, 1.807) is 4.68 Å². The predicted molar refractivity (Wildman–Crippen MR) is 108 cm³/mol. The number of anilines is 1. The Bertz CT molecular complexity index is 1020. The molecule has 0 radical (unpaired) electrons. The topological polar surface area (TPSA) is 84.5 Å². The van der Waals surface area contributed by atoms with Gasteiger partial charge in [-0.1, -0.05) is 0 Å². The summed E-state index contributed by atoms with van der Waals surface area (Å²) in [4.78, 5) is 17.0. The molecule has 0 spiro atoms. The van der Waals surface area contributed by atoms with Gasteiger partial charge in [-0.15, -0.1) is 15.3 Å². The maximum atomic E-state index is 12.8. The highest BCUT2D eigenvalue weighted by Gasteiger charge is 2.29. The van der Waals surface area contributed by atoms with Gasteiger partial charge in [-0.2, -0.15) is 9.61 Å². The van der Waals surface area contributed by atoms with Gasteiger partial charge in [0.2, 0.25) is 0 Å². The third-order valence-electron chi connectivity index (χ3n) is 6.18. The molecule has 2 saturated heterocycles. The molecular formula is C20H26N8O. The van der Waals surface area contributed by atoms with E-state index >= 15 is 0 Å². The van der Waals surface area contributed by atoms with Crippen LogP contribution in [0.25, 0.3) is 5.65 Å². The molecule has 5 rings (SSSR count). The highest BCUT2D eigenvalue weighted by Crippen LogP contribution is 2.28. The molecule has 2 aliphatic heterocycles. The van der Waals surface area contributed by atoms with Crippen molar-refractivity contribution in [3.05, 3.63) is 35.4 Å². The molecule has 0 aromatic carbocycles. The lowest BCUT2D eigenvalue weighted by atomic mass is 9.96. The molecule has 5 heterocycles. The molecule has 9 heteroatoms. The minimum atomic E-state index is 0.00713. The third kappa shape index (κ3) is 3.24. The number of piperidine rings is 1. The number of amides is 1. The van der Waals surface area contributed by atoms with Crippen LogP contribution in [0.15, 0.2) is 18.2 Å². The summed E-state index contributed by atoms with van der Waals surface area (Å²) in [6.45, 7) is 5.46. The number of hydrogen-bond donors (Lipinski definition) is 0. The van der Waals surface area contributed by atoms with Crippen LogP contribution in [0.5, 0.6) is 0 Å². The summed E-state index contributed by atoms with van der Waals surface area (Å²) >= 11 is 0. The Kier molecular flexibility index (Phi) is 4.44. The van der Waals surface area contributed by atoms with E-state index < -0.39 is 0 Å². The fourth-order valence-corrected chi connectivity index (χ4v) is 4.33. The van der Waals surface area contributed by atoms with Crippen molar-refractivity contribution in [2.45, 2.75) is 38.5 Å². The summed E-state index contributed by atoms with van der Waals surface area (Å²) in [5.41, 5.74) is 2.29. The van der Waals surface area contributed by atoms with Crippen molar-refractivity contribution in [2.24, 2.45) is 7.05 Å². The van der Waals surface area contributed by atoms with Crippen molar-refractivity contribution >= 4 is 17.4 Å². The lowest BCUT2D eigenvalue weighted by molar-refractivity contribution is 0.0704. The summed E-state index contributed by atoms with van der Waals surface area (Å²) in [6.07, 6.45) is 4.15. The fraction of sp³-hybridized carbons (Fsp3) is 0.550. The van der Waals surface area contributed by atoms with Gasteiger partial charge < -0.3 is 9.80 Å². The van der Waals surface area contributed by atoms with E-state index in [-0.39, 0.29) is 11.8 Å². The quantitative estimate of drug-likeness (QED) is 0.673. The van der Waals surface area contributed by atoms with Crippen LogP contribution in [0.4, 0.5) is 5.82 Å². The normalized spacial score (nSPS) is 18.1. The molecule has 0 unspecified atom stereocenters. The average molecular weight is 394 g/mol. The lowest BCUT2D eigenvalue weighted by Gasteiger charge is -2.30. The first-order chi connectivity index (χ1) is 14.1. The van der Waals surface area contributed by atoms with E-state index in [1.165, 1.54) is 12.8 Å². The smallest absolute Gasteiger partial charge is 0.274 e. The molecule has 2 fully saturated rings. The first-order valence-electron chi connectivity index (χ1n) is 10.4. The van der Waals surface area contributed by atoms with Crippen LogP contribution in [0, 0.1) is 6.92 Å². The monoisotopic (exact) mass is 394 g/mol. The summed E-state index contributed by atoms with van der Waals surface area (Å²) < 4.78 is 3.64. The van der Waals surface area contributed by atoms with Gasteiger partial charge in [-0.3, -0.25) is 9.48 Å². The first-order valence-corrected chi connectivity index (χ1v) is 10.4. The zero-order chi connectivity index (χ0) is 20.0. The number of fused-ring (bicyclic) bond motifs is 1. The summed E-state index contributed by atoms with van der Waals surface area (Å²) in [6, 6.07) is 5.89. The molecule has 0 aliphatic carbocycles. The second-order valence-electron chi connectivity index (χ2n) is 8.07. The number of nitrogens with zero attached hydrogens (tertiary/aromatic N) is 8. The number of aryl methyl sites for hydroxylation is 2. The Labute approximate surface area is 169 Å². The van der Waals surface area contributed by atoms with Crippen LogP contribution in [0.1, 0.15) is 53.6 Å². The van der Waals surface area contributed by atoms with Crippen LogP contribution in [-0.4, -0.2) is 66.6 Å². The number of carbonyl (C=O) groups excluding carboxylic acids is 1. The SMILES string of the molecule is Cc1cc(C(=O)N2CCC(c3nnc4ccc(N5CCCC5)nn34)CC2)nn1C. The second-order valence-corrected chi connectivity index (χ2v) is 8.07. The van der Waals surface area contributed by atoms with E-state index in [2.05, 4.69) is 20.2 Å². The lowest BCUT2D eigenvalue weighted by Crippen LogP contribution is -2.38. The van der Waals surface area contributed by atoms with Crippen LogP contribution < -0.4 is 4.90 Å². The van der Waals surface area contributed by atoms with Crippen LogP contribution in [-0.2, 0) is 7.05 Å². The van der Waals surface area contributed by atoms with Crippen LogP contribution >= 0.6 is 0 Å². The predicted octanol–water partition coefficient (Wildman–Crippen LogP) is 1.79. The van der Waals surface area contributed by atoms with Crippen LogP contribution in [0.3, 0.4) is 0 Å². The minimum Gasteiger partial charge on any atom is -0.355 e. The summed E-state index contributed by atoms with van der Waals surface area (Å²) in [5, 5.41) is 17.9. The second kappa shape index (κ2) is 7.13. The Hall–Kier alpha value is -2.97. The average Bonchev–Trinajstić information content (AvgIpc) is 3.48. The zero-order valence-electron chi connectivity index (χ0n) is 17.0. The highest BCUT2D eigenvalue weighted by molar-refractivity contribution is 5.92. The standard InChI is InChI=1S/C20H26N8O/c1-14-13-16(23-25(14)2)20(29)27-11-7-15(8-12-27)19-22-21-17-5-6-18(24-28(17)19)26-9-3-4-10-26/h5-6,13,15H,3-4,7-12H2,1-2H3. The molecule has 3 aromatic heterocycles. The van der Waals surface area contributed by atoms with Gasteiger partial charge in [0.15, 0.2) is 17.2 Å². The molecule has 2 aliphatic rings. The van der Waals surface area contributed by atoms with Gasteiger partial charge in [0.05, 0.1) is 0 Å². The van der Waals surface area contributed by atoms with E-state index in [0.29, 0.717) is 18.8 Å². The maximum absolute atomic E-state index is 12.8. The molecule has 152 valence electrons. The molecule has 1 amide bonds. The number of aromatic nitrogens is 6. The Morgan fingerprint density at radius 1 is 1.03 bits per heavy atom. The van der Waals surface area contributed by atoms with Gasteiger partial charge in [0, 0.05) is 44.8 Å². The van der Waals surface area contributed by atoms with Crippen molar-refractivity contribution in [3.8, 4) is 0 Å². The molecule has 0 atom stereocenters. The molecule has 0 N–H and O–H groups in total. The minimum absolute atomic E-state index is 0.00713. The van der Waals surface area contributed by atoms with Crippen LogP contribution in [0.2, 0.25) is 0 Å². The molecule has 0 bridgehead atoms. The van der Waals surface area contributed by atoms with E-state index in [0.717, 1.165) is 48.9 Å². The number of carbonyl (C=O) groups is 1. The number of rotatable bonds is 3. The van der Waals surface area contributed by atoms with Crippen molar-refractivity contribution in [3.63, 3.8) is 0 Å². The molecule has 29 heavy (non-hydrogen) atoms.